The first-order valence-electron chi connectivity index (χ1n) is 6.52. The molecule has 0 atom stereocenters. The molecule has 2 rings (SSSR count). The fourth-order valence-electron chi connectivity index (χ4n) is 2.24. The van der Waals surface area contributed by atoms with Crippen LogP contribution in [0, 0.1) is 5.82 Å². The van der Waals surface area contributed by atoms with Gasteiger partial charge in [0.2, 0.25) is 0 Å². The summed E-state index contributed by atoms with van der Waals surface area (Å²) in [6.45, 7) is 3.74. The van der Waals surface area contributed by atoms with Crippen molar-refractivity contribution in [1.29, 1.82) is 0 Å². The predicted molar refractivity (Wildman–Crippen MR) is 69.0 cm³/mol. The molecule has 1 aliphatic rings. The molecule has 1 saturated heterocycles. The third-order valence-corrected chi connectivity index (χ3v) is 3.25. The predicted octanol–water partition coefficient (Wildman–Crippen LogP) is 2.04. The maximum atomic E-state index is 13.0. The van der Waals surface area contributed by atoms with Gasteiger partial charge < -0.3 is 10.2 Å². The molecule has 0 saturated carbocycles. The van der Waals surface area contributed by atoms with E-state index < -0.39 is 0 Å². The van der Waals surface area contributed by atoms with E-state index >= 15 is 0 Å². The number of hydrogen-bond donors (Lipinski definition) is 1. The van der Waals surface area contributed by atoms with Crippen molar-refractivity contribution in [2.24, 2.45) is 0 Å². The maximum Gasteiger partial charge on any atom is 0.251 e. The van der Waals surface area contributed by atoms with Crippen LogP contribution < -0.4 is 5.32 Å². The Morgan fingerprint density at radius 2 is 2.06 bits per heavy atom. The van der Waals surface area contributed by atoms with Gasteiger partial charge in [0.25, 0.3) is 5.91 Å². The van der Waals surface area contributed by atoms with E-state index in [9.17, 15) is 9.18 Å². The summed E-state index contributed by atoms with van der Waals surface area (Å²) in [7, 11) is 0. The normalized spacial score (nSPS) is 16.5. The van der Waals surface area contributed by atoms with Crippen molar-refractivity contribution in [3.63, 3.8) is 0 Å². The second kappa shape index (κ2) is 6.50. The molecule has 18 heavy (non-hydrogen) atoms. The molecular formula is C14H19FN2O. The second-order valence-electron chi connectivity index (χ2n) is 4.67. The molecule has 1 N–H and O–H groups in total. The van der Waals surface area contributed by atoms with Crippen LogP contribution in [0.3, 0.4) is 0 Å². The first-order chi connectivity index (χ1) is 8.75. The van der Waals surface area contributed by atoms with Gasteiger partial charge in [0.1, 0.15) is 5.82 Å². The fourth-order valence-corrected chi connectivity index (χ4v) is 2.24. The molecule has 1 fully saturated rings. The van der Waals surface area contributed by atoms with E-state index in [0.717, 1.165) is 19.6 Å². The standard InChI is InChI=1S/C14H19FN2O/c15-13-6-4-5-12(11-13)14(18)16-7-10-17-8-2-1-3-9-17/h4-6,11H,1-3,7-10H2,(H,16,18). The highest BCUT2D eigenvalue weighted by atomic mass is 19.1. The van der Waals surface area contributed by atoms with E-state index in [1.807, 2.05) is 0 Å². The number of nitrogens with zero attached hydrogens (tertiary/aromatic N) is 1. The molecule has 4 heteroatoms. The van der Waals surface area contributed by atoms with Gasteiger partial charge in [-0.15, -0.1) is 0 Å². The molecule has 98 valence electrons. The number of piperidine rings is 1. The first-order valence-corrected chi connectivity index (χ1v) is 6.52. The zero-order valence-electron chi connectivity index (χ0n) is 10.5. The lowest BCUT2D eigenvalue weighted by Crippen LogP contribution is -2.37. The van der Waals surface area contributed by atoms with Crippen molar-refractivity contribution in [1.82, 2.24) is 10.2 Å². The molecule has 0 spiro atoms. The lowest BCUT2D eigenvalue weighted by atomic mass is 10.1. The molecule has 1 aromatic carbocycles. The van der Waals surface area contributed by atoms with E-state index in [2.05, 4.69) is 10.2 Å². The number of carbonyl (C=O) groups excluding carboxylic acids is 1. The smallest absolute Gasteiger partial charge is 0.251 e. The molecule has 0 unspecified atom stereocenters. The number of hydrogen-bond acceptors (Lipinski definition) is 2. The summed E-state index contributed by atoms with van der Waals surface area (Å²) >= 11 is 0. The number of rotatable bonds is 4. The Morgan fingerprint density at radius 3 is 2.78 bits per heavy atom. The highest BCUT2D eigenvalue weighted by Crippen LogP contribution is 2.07. The lowest BCUT2D eigenvalue weighted by molar-refractivity contribution is 0.0946. The van der Waals surface area contributed by atoms with E-state index in [-0.39, 0.29) is 11.7 Å². The van der Waals surface area contributed by atoms with Crippen LogP contribution in [0.5, 0.6) is 0 Å². The Labute approximate surface area is 107 Å². The van der Waals surface area contributed by atoms with Gasteiger partial charge in [-0.2, -0.15) is 0 Å². The van der Waals surface area contributed by atoms with Crippen LogP contribution in [0.4, 0.5) is 4.39 Å². The second-order valence-corrected chi connectivity index (χ2v) is 4.67. The Morgan fingerprint density at radius 1 is 1.28 bits per heavy atom. The molecule has 0 aromatic heterocycles. The Bertz CT molecular complexity index is 403. The molecule has 0 aliphatic carbocycles. The van der Waals surface area contributed by atoms with E-state index in [4.69, 9.17) is 0 Å². The monoisotopic (exact) mass is 250 g/mol. The Kier molecular flexibility index (Phi) is 4.70. The number of benzene rings is 1. The van der Waals surface area contributed by atoms with Gasteiger partial charge in [0.15, 0.2) is 0 Å². The van der Waals surface area contributed by atoms with E-state index in [0.29, 0.717) is 12.1 Å². The summed E-state index contributed by atoms with van der Waals surface area (Å²) in [6, 6.07) is 5.77. The van der Waals surface area contributed by atoms with Crippen molar-refractivity contribution in [2.75, 3.05) is 26.2 Å². The number of halogens is 1. The van der Waals surface area contributed by atoms with Crippen LogP contribution in [0.2, 0.25) is 0 Å². The molecular weight excluding hydrogens is 231 g/mol. The Balaban J connectivity index is 1.74. The van der Waals surface area contributed by atoms with Gasteiger partial charge in [-0.25, -0.2) is 4.39 Å². The summed E-state index contributed by atoms with van der Waals surface area (Å²) < 4.78 is 13.0. The van der Waals surface area contributed by atoms with Crippen molar-refractivity contribution in [2.45, 2.75) is 19.3 Å². The molecule has 1 amide bonds. The highest BCUT2D eigenvalue weighted by molar-refractivity contribution is 5.94. The van der Waals surface area contributed by atoms with Gasteiger partial charge in [-0.1, -0.05) is 12.5 Å². The number of nitrogens with one attached hydrogen (secondary N) is 1. The number of likely N-dealkylation sites (tertiary alicyclic amines) is 1. The van der Waals surface area contributed by atoms with Crippen molar-refractivity contribution >= 4 is 5.91 Å². The van der Waals surface area contributed by atoms with Crippen LogP contribution >= 0.6 is 0 Å². The van der Waals surface area contributed by atoms with E-state index in [1.54, 1.807) is 12.1 Å². The average Bonchev–Trinajstić information content (AvgIpc) is 2.40. The first kappa shape index (κ1) is 13.0. The quantitative estimate of drug-likeness (QED) is 0.887. The molecule has 0 bridgehead atoms. The highest BCUT2D eigenvalue weighted by Gasteiger charge is 2.10. The van der Waals surface area contributed by atoms with Gasteiger partial charge in [0.05, 0.1) is 0 Å². The van der Waals surface area contributed by atoms with E-state index in [1.165, 1.54) is 31.4 Å². The molecule has 1 aliphatic heterocycles. The summed E-state index contributed by atoms with van der Waals surface area (Å²) in [4.78, 5) is 14.1. The minimum atomic E-state index is -0.376. The number of amides is 1. The van der Waals surface area contributed by atoms with Gasteiger partial charge in [-0.3, -0.25) is 4.79 Å². The van der Waals surface area contributed by atoms with Crippen LogP contribution in [0.1, 0.15) is 29.6 Å². The van der Waals surface area contributed by atoms with Crippen LogP contribution in [-0.2, 0) is 0 Å². The minimum absolute atomic E-state index is 0.202. The largest absolute Gasteiger partial charge is 0.351 e. The van der Waals surface area contributed by atoms with Crippen molar-refractivity contribution < 1.29 is 9.18 Å². The third-order valence-electron chi connectivity index (χ3n) is 3.25. The van der Waals surface area contributed by atoms with Gasteiger partial charge in [-0.05, 0) is 44.1 Å². The molecule has 0 radical (unpaired) electrons. The van der Waals surface area contributed by atoms with Gasteiger partial charge >= 0.3 is 0 Å². The van der Waals surface area contributed by atoms with Crippen LogP contribution in [-0.4, -0.2) is 37.0 Å². The lowest BCUT2D eigenvalue weighted by Gasteiger charge is -2.26. The topological polar surface area (TPSA) is 32.3 Å². The van der Waals surface area contributed by atoms with Crippen molar-refractivity contribution in [3.8, 4) is 0 Å². The maximum absolute atomic E-state index is 13.0. The summed E-state index contributed by atoms with van der Waals surface area (Å²) in [6.07, 6.45) is 3.81. The Hall–Kier alpha value is -1.42. The molecule has 1 heterocycles. The SMILES string of the molecule is O=C(NCCN1CCCCC1)c1cccc(F)c1. The zero-order valence-corrected chi connectivity index (χ0v) is 10.5. The fraction of sp³-hybridized carbons (Fsp3) is 0.500. The van der Waals surface area contributed by atoms with Crippen molar-refractivity contribution in [3.05, 3.63) is 35.6 Å². The summed E-state index contributed by atoms with van der Waals surface area (Å²) in [5.74, 6) is -0.579. The molecule has 3 nitrogen and oxygen atoms in total. The summed E-state index contributed by atoms with van der Waals surface area (Å²) in [5, 5.41) is 2.83. The average molecular weight is 250 g/mol. The number of carbonyl (C=O) groups is 1. The van der Waals surface area contributed by atoms with Gasteiger partial charge in [0, 0.05) is 18.7 Å². The summed E-state index contributed by atoms with van der Waals surface area (Å²) in [5.41, 5.74) is 0.383. The van der Waals surface area contributed by atoms with Crippen LogP contribution in [0.15, 0.2) is 24.3 Å². The third kappa shape index (κ3) is 3.81. The van der Waals surface area contributed by atoms with Crippen LogP contribution in [0.25, 0.3) is 0 Å². The molecule has 1 aromatic rings. The zero-order chi connectivity index (χ0) is 12.8. The minimum Gasteiger partial charge on any atom is -0.351 e.